The van der Waals surface area contributed by atoms with E-state index in [4.69, 9.17) is 5.73 Å². The molecule has 0 spiro atoms. The highest BCUT2D eigenvalue weighted by Gasteiger charge is 2.13. The molecule has 0 aliphatic carbocycles. The average Bonchev–Trinajstić information content (AvgIpc) is 2.65. The van der Waals surface area contributed by atoms with E-state index in [1.54, 1.807) is 6.33 Å². The number of aromatic amines is 1. The van der Waals surface area contributed by atoms with E-state index in [9.17, 15) is 0 Å². The number of anilines is 2. The van der Waals surface area contributed by atoms with E-state index in [-0.39, 0.29) is 11.3 Å². The fraction of sp³-hybridized carbons (Fsp3) is 0.444. The van der Waals surface area contributed by atoms with Crippen LogP contribution in [0.1, 0.15) is 13.8 Å². The van der Waals surface area contributed by atoms with Gasteiger partial charge in [0.25, 0.3) is 0 Å². The normalized spacial score (nSPS) is 13.2. The first-order valence-electron chi connectivity index (χ1n) is 4.99. The van der Waals surface area contributed by atoms with E-state index in [2.05, 4.69) is 51.7 Å². The summed E-state index contributed by atoms with van der Waals surface area (Å²) in [6.45, 7) is 4.14. The molecule has 0 saturated carbocycles. The van der Waals surface area contributed by atoms with Crippen LogP contribution in [-0.2, 0) is 0 Å². The molecule has 6 nitrogen and oxygen atoms in total. The number of nitrogens with two attached hydrogens (primary N) is 1. The number of thiol groups is 1. The minimum absolute atomic E-state index is 0.000741. The molecular weight excluding hydrogens is 224 g/mol. The summed E-state index contributed by atoms with van der Waals surface area (Å²) in [5.41, 5.74) is 6.89. The van der Waals surface area contributed by atoms with Crippen molar-refractivity contribution in [2.75, 3.05) is 11.1 Å². The van der Waals surface area contributed by atoms with E-state index in [1.165, 1.54) is 0 Å². The third kappa shape index (κ3) is 2.04. The van der Waals surface area contributed by atoms with Gasteiger partial charge >= 0.3 is 0 Å². The Hall–Kier alpha value is -1.50. The van der Waals surface area contributed by atoms with Crippen molar-refractivity contribution in [1.29, 1.82) is 0 Å². The Balaban J connectivity index is 2.39. The van der Waals surface area contributed by atoms with Crippen LogP contribution >= 0.6 is 12.6 Å². The number of nitrogen functional groups attached to an aromatic ring is 1. The van der Waals surface area contributed by atoms with Crippen molar-refractivity contribution < 1.29 is 0 Å². The van der Waals surface area contributed by atoms with Crippen LogP contribution in [0.4, 0.5) is 11.8 Å². The number of rotatable bonds is 3. The van der Waals surface area contributed by atoms with Gasteiger partial charge in [-0.2, -0.15) is 22.6 Å². The van der Waals surface area contributed by atoms with Crippen molar-refractivity contribution >= 4 is 35.6 Å². The molecule has 2 aromatic heterocycles. The zero-order chi connectivity index (χ0) is 11.7. The Bertz CT molecular complexity index is 494. The van der Waals surface area contributed by atoms with E-state index < -0.39 is 0 Å². The molecule has 0 aromatic carbocycles. The monoisotopic (exact) mass is 238 g/mol. The molecule has 2 rings (SSSR count). The predicted molar refractivity (Wildman–Crippen MR) is 67.3 cm³/mol. The lowest BCUT2D eigenvalue weighted by molar-refractivity contribution is 0.653. The smallest absolute Gasteiger partial charge is 0.224 e. The van der Waals surface area contributed by atoms with Crippen LogP contribution in [0.3, 0.4) is 0 Å². The highest BCUT2D eigenvalue weighted by molar-refractivity contribution is 7.81. The number of aromatic nitrogens is 4. The van der Waals surface area contributed by atoms with Crippen LogP contribution in [0.15, 0.2) is 6.33 Å². The first-order chi connectivity index (χ1) is 7.58. The van der Waals surface area contributed by atoms with Crippen LogP contribution in [0, 0.1) is 5.92 Å². The fourth-order valence-electron chi connectivity index (χ4n) is 1.26. The van der Waals surface area contributed by atoms with Gasteiger partial charge in [0.05, 0.1) is 11.7 Å². The van der Waals surface area contributed by atoms with Crippen molar-refractivity contribution in [2.45, 2.75) is 19.2 Å². The maximum atomic E-state index is 5.59. The minimum Gasteiger partial charge on any atom is -0.368 e. The predicted octanol–water partition coefficient (Wildman–Crippen LogP) is 1.26. The Kier molecular flexibility index (Phi) is 2.86. The summed E-state index contributed by atoms with van der Waals surface area (Å²) in [5.74, 6) is 1.21. The summed E-state index contributed by atoms with van der Waals surface area (Å²) in [6, 6.07) is 0. The third-order valence-electron chi connectivity index (χ3n) is 2.22. The molecule has 0 fully saturated rings. The van der Waals surface area contributed by atoms with E-state index in [1.807, 2.05) is 0 Å². The number of nitrogens with one attached hydrogen (secondary N) is 2. The SMILES string of the molecule is CC(C)C(S)Nc1nc(N)nc2nc[nH]c12. The lowest BCUT2D eigenvalue weighted by Crippen LogP contribution is -2.20. The van der Waals surface area contributed by atoms with Gasteiger partial charge < -0.3 is 16.0 Å². The van der Waals surface area contributed by atoms with Crippen LogP contribution in [0.25, 0.3) is 11.2 Å². The maximum Gasteiger partial charge on any atom is 0.224 e. The first-order valence-corrected chi connectivity index (χ1v) is 5.50. The summed E-state index contributed by atoms with van der Waals surface area (Å²) in [4.78, 5) is 15.2. The summed E-state index contributed by atoms with van der Waals surface area (Å²) in [6.07, 6.45) is 1.56. The highest BCUT2D eigenvalue weighted by Crippen LogP contribution is 2.20. The van der Waals surface area contributed by atoms with Gasteiger partial charge in [-0.25, -0.2) is 4.98 Å². The van der Waals surface area contributed by atoms with E-state index >= 15 is 0 Å². The first kappa shape index (κ1) is 11.0. The fourth-order valence-corrected chi connectivity index (χ4v) is 1.38. The van der Waals surface area contributed by atoms with Crippen molar-refractivity contribution in [3.05, 3.63) is 6.33 Å². The topological polar surface area (TPSA) is 92.5 Å². The molecule has 2 aromatic rings. The molecule has 0 bridgehead atoms. The molecule has 0 amide bonds. The summed E-state index contributed by atoms with van der Waals surface area (Å²) in [7, 11) is 0. The molecule has 0 aliphatic rings. The molecule has 2 heterocycles. The maximum absolute atomic E-state index is 5.59. The summed E-state index contributed by atoms with van der Waals surface area (Å²) in [5, 5.41) is 3.17. The molecule has 0 saturated heterocycles. The van der Waals surface area contributed by atoms with Gasteiger partial charge in [-0.1, -0.05) is 13.8 Å². The number of imidazole rings is 1. The Labute approximate surface area is 98.5 Å². The lowest BCUT2D eigenvalue weighted by Gasteiger charge is -2.17. The number of nitrogens with zero attached hydrogens (tertiary/aromatic N) is 3. The lowest BCUT2D eigenvalue weighted by atomic mass is 10.2. The largest absolute Gasteiger partial charge is 0.368 e. The molecule has 16 heavy (non-hydrogen) atoms. The number of hydrogen-bond acceptors (Lipinski definition) is 6. The molecule has 7 heteroatoms. The zero-order valence-electron chi connectivity index (χ0n) is 9.10. The second-order valence-electron chi connectivity index (χ2n) is 3.86. The number of hydrogen-bond donors (Lipinski definition) is 4. The van der Waals surface area contributed by atoms with Gasteiger partial charge in [0.2, 0.25) is 5.95 Å². The summed E-state index contributed by atoms with van der Waals surface area (Å²) >= 11 is 4.43. The van der Waals surface area contributed by atoms with Crippen LogP contribution in [0.5, 0.6) is 0 Å². The molecule has 1 atom stereocenters. The van der Waals surface area contributed by atoms with Crippen molar-refractivity contribution in [2.24, 2.45) is 5.92 Å². The zero-order valence-corrected chi connectivity index (χ0v) is 9.99. The number of H-pyrrole nitrogens is 1. The molecular formula is C9H14N6S. The molecule has 4 N–H and O–H groups in total. The average molecular weight is 238 g/mol. The van der Waals surface area contributed by atoms with Crippen molar-refractivity contribution in [1.82, 2.24) is 19.9 Å². The quantitative estimate of drug-likeness (QED) is 0.477. The summed E-state index contributed by atoms with van der Waals surface area (Å²) < 4.78 is 0. The van der Waals surface area contributed by atoms with Gasteiger partial charge in [0.1, 0.15) is 5.52 Å². The van der Waals surface area contributed by atoms with Crippen molar-refractivity contribution in [3.8, 4) is 0 Å². The Morgan fingerprint density at radius 2 is 2.19 bits per heavy atom. The van der Waals surface area contributed by atoms with Gasteiger partial charge in [-0.15, -0.1) is 0 Å². The second kappa shape index (κ2) is 4.17. The third-order valence-corrected chi connectivity index (χ3v) is 2.94. The second-order valence-corrected chi connectivity index (χ2v) is 4.42. The highest BCUT2D eigenvalue weighted by atomic mass is 32.1. The standard InChI is InChI=1S/C9H14N6S/c1-4(2)8(16)13-7-5-6(12-3-11-5)14-9(10)15-7/h3-4,8,16H,1-2H3,(H4,10,11,12,13,14,15). The van der Waals surface area contributed by atoms with Gasteiger partial charge in [0, 0.05) is 0 Å². The minimum atomic E-state index is 0.000741. The van der Waals surface area contributed by atoms with Crippen LogP contribution in [-0.4, -0.2) is 25.3 Å². The Morgan fingerprint density at radius 1 is 1.44 bits per heavy atom. The van der Waals surface area contributed by atoms with Gasteiger partial charge in [-0.3, -0.25) is 0 Å². The number of fused-ring (bicyclic) bond motifs is 1. The van der Waals surface area contributed by atoms with E-state index in [0.717, 1.165) is 5.52 Å². The molecule has 1 unspecified atom stereocenters. The van der Waals surface area contributed by atoms with Crippen molar-refractivity contribution in [3.63, 3.8) is 0 Å². The molecule has 0 radical (unpaired) electrons. The Morgan fingerprint density at radius 3 is 2.88 bits per heavy atom. The molecule has 0 aliphatic heterocycles. The van der Waals surface area contributed by atoms with Gasteiger partial charge in [0.15, 0.2) is 11.5 Å². The molecule has 86 valence electrons. The van der Waals surface area contributed by atoms with Crippen LogP contribution < -0.4 is 11.1 Å². The van der Waals surface area contributed by atoms with E-state index in [0.29, 0.717) is 17.4 Å². The van der Waals surface area contributed by atoms with Gasteiger partial charge in [-0.05, 0) is 5.92 Å². The van der Waals surface area contributed by atoms with Crippen LogP contribution in [0.2, 0.25) is 0 Å².